The third-order valence-corrected chi connectivity index (χ3v) is 6.44. The van der Waals surface area contributed by atoms with E-state index in [9.17, 15) is 14.7 Å². The molecule has 0 radical (unpaired) electrons. The van der Waals surface area contributed by atoms with Crippen molar-refractivity contribution >= 4 is 17.6 Å². The zero-order valence-corrected chi connectivity index (χ0v) is 19.3. The maximum Gasteiger partial charge on any atom is 0.337 e. The standard InChI is InChI=1S/C24H17ClN8O3/c25-16-1-3-20(32-12-28-30-31-32)18(8-16)13-6-17-2-4-21(33(17)22(34)7-13)23-27-11-19(29-23)14-5-15(24(35)36)10-26-9-14/h1,3,5-12,21H,2,4H2,(H,27,29)(H,35,36)/t21-/m0/s1. The summed E-state index contributed by atoms with van der Waals surface area (Å²) in [6, 6.07) is 10.1. The summed E-state index contributed by atoms with van der Waals surface area (Å²) >= 11 is 6.27. The van der Waals surface area contributed by atoms with Crippen molar-refractivity contribution in [3.05, 3.63) is 93.8 Å². The molecule has 0 saturated carbocycles. The molecule has 0 bridgehead atoms. The lowest BCUT2D eigenvalue weighted by atomic mass is 10.0. The molecular formula is C24H17ClN8O3. The number of fused-ring (bicyclic) bond motifs is 1. The first kappa shape index (κ1) is 21.9. The lowest BCUT2D eigenvalue weighted by molar-refractivity contribution is 0.0696. The van der Waals surface area contributed by atoms with E-state index in [0.717, 1.165) is 16.8 Å². The van der Waals surface area contributed by atoms with Gasteiger partial charge in [-0.05, 0) is 59.2 Å². The number of nitrogens with zero attached hydrogens (tertiary/aromatic N) is 7. The molecule has 0 spiro atoms. The first-order chi connectivity index (χ1) is 17.5. The molecule has 6 rings (SSSR count). The first-order valence-corrected chi connectivity index (χ1v) is 11.4. The number of imidazole rings is 1. The zero-order valence-electron chi connectivity index (χ0n) is 18.5. The summed E-state index contributed by atoms with van der Waals surface area (Å²) in [5, 5.41) is 21.1. The van der Waals surface area contributed by atoms with Crippen molar-refractivity contribution in [2.24, 2.45) is 0 Å². The number of carboxylic acid groups (broad SMARTS) is 1. The van der Waals surface area contributed by atoms with Gasteiger partial charge in [0, 0.05) is 40.3 Å². The minimum absolute atomic E-state index is 0.0840. The molecule has 0 fully saturated rings. The maximum absolute atomic E-state index is 13.3. The number of carbonyl (C=O) groups is 1. The van der Waals surface area contributed by atoms with Crippen molar-refractivity contribution < 1.29 is 9.90 Å². The van der Waals surface area contributed by atoms with E-state index in [2.05, 4.69) is 30.5 Å². The SMILES string of the molecule is O=C(O)c1cncc(-c2cnc([C@@H]3CCc4cc(-c5cc(Cl)ccc5-n5cnnn5)cc(=O)n43)[nH]2)c1. The largest absolute Gasteiger partial charge is 0.478 e. The first-order valence-electron chi connectivity index (χ1n) is 11.0. The highest BCUT2D eigenvalue weighted by atomic mass is 35.5. The van der Waals surface area contributed by atoms with Gasteiger partial charge >= 0.3 is 5.97 Å². The highest BCUT2D eigenvalue weighted by Gasteiger charge is 2.28. The van der Waals surface area contributed by atoms with E-state index in [1.54, 1.807) is 41.2 Å². The predicted molar refractivity (Wildman–Crippen MR) is 129 cm³/mol. The van der Waals surface area contributed by atoms with Gasteiger partial charge in [0.2, 0.25) is 0 Å². The van der Waals surface area contributed by atoms with Gasteiger partial charge in [0.15, 0.2) is 0 Å². The van der Waals surface area contributed by atoms with Crippen LogP contribution in [-0.2, 0) is 6.42 Å². The molecule has 0 aliphatic carbocycles. The molecule has 178 valence electrons. The fraction of sp³-hybridized carbons (Fsp3) is 0.125. The van der Waals surface area contributed by atoms with Crippen LogP contribution in [0.25, 0.3) is 28.1 Å². The van der Waals surface area contributed by atoms with E-state index in [-0.39, 0.29) is 17.2 Å². The lowest BCUT2D eigenvalue weighted by Crippen LogP contribution is -2.23. The Balaban J connectivity index is 1.37. The fourth-order valence-corrected chi connectivity index (χ4v) is 4.75. The molecule has 5 aromatic rings. The Hall–Kier alpha value is -4.64. The minimum Gasteiger partial charge on any atom is -0.478 e. The number of aromatic nitrogens is 8. The average molecular weight is 501 g/mol. The van der Waals surface area contributed by atoms with Crippen LogP contribution >= 0.6 is 11.6 Å². The molecule has 2 N–H and O–H groups in total. The number of pyridine rings is 2. The lowest BCUT2D eigenvalue weighted by Gasteiger charge is -2.15. The van der Waals surface area contributed by atoms with Crippen molar-refractivity contribution in [2.45, 2.75) is 18.9 Å². The number of H-pyrrole nitrogens is 1. The topological polar surface area (TPSA) is 144 Å². The van der Waals surface area contributed by atoms with E-state index < -0.39 is 5.97 Å². The molecule has 0 saturated heterocycles. The average Bonchev–Trinajstić information content (AvgIpc) is 3.64. The van der Waals surface area contributed by atoms with Crippen LogP contribution in [0.1, 0.15) is 34.3 Å². The number of aromatic amines is 1. The third-order valence-electron chi connectivity index (χ3n) is 6.21. The van der Waals surface area contributed by atoms with Gasteiger partial charge in [-0.15, -0.1) is 5.10 Å². The number of halogens is 1. The zero-order chi connectivity index (χ0) is 24.8. The number of nitrogens with one attached hydrogen (secondary N) is 1. The Labute approximate surface area is 208 Å². The van der Waals surface area contributed by atoms with Crippen LogP contribution in [0.4, 0.5) is 0 Å². The van der Waals surface area contributed by atoms with Crippen molar-refractivity contribution in [1.29, 1.82) is 0 Å². The molecule has 5 heterocycles. The Bertz CT molecular complexity index is 1680. The van der Waals surface area contributed by atoms with Crippen LogP contribution in [0.5, 0.6) is 0 Å². The van der Waals surface area contributed by atoms with Crippen LogP contribution in [0.3, 0.4) is 0 Å². The van der Waals surface area contributed by atoms with Crippen molar-refractivity contribution in [3.8, 4) is 28.1 Å². The van der Waals surface area contributed by atoms with Gasteiger partial charge in [-0.25, -0.2) is 9.78 Å². The van der Waals surface area contributed by atoms with E-state index in [1.165, 1.54) is 23.3 Å². The maximum atomic E-state index is 13.3. The van der Waals surface area contributed by atoms with Crippen LogP contribution in [0.15, 0.2) is 66.1 Å². The Morgan fingerprint density at radius 1 is 1.11 bits per heavy atom. The van der Waals surface area contributed by atoms with Crippen LogP contribution < -0.4 is 5.56 Å². The Kier molecular flexibility index (Phi) is 5.19. The number of benzene rings is 1. The second kappa shape index (κ2) is 8.54. The number of hydrogen-bond donors (Lipinski definition) is 2. The molecule has 1 aliphatic heterocycles. The van der Waals surface area contributed by atoms with Crippen molar-refractivity contribution in [1.82, 2.24) is 39.7 Å². The molecule has 12 heteroatoms. The molecular weight excluding hydrogens is 484 g/mol. The number of aromatic carboxylic acids is 1. The normalized spacial score (nSPS) is 14.6. The van der Waals surface area contributed by atoms with Crippen LogP contribution in [0.2, 0.25) is 5.02 Å². The molecule has 0 amide bonds. The number of tetrazole rings is 1. The van der Waals surface area contributed by atoms with E-state index >= 15 is 0 Å². The van der Waals surface area contributed by atoms with Gasteiger partial charge in [-0.3, -0.25) is 9.78 Å². The second-order valence-electron chi connectivity index (χ2n) is 8.36. The molecule has 36 heavy (non-hydrogen) atoms. The summed E-state index contributed by atoms with van der Waals surface area (Å²) in [7, 11) is 0. The minimum atomic E-state index is -1.06. The Morgan fingerprint density at radius 2 is 2.00 bits per heavy atom. The molecule has 1 aliphatic rings. The highest BCUT2D eigenvalue weighted by Crippen LogP contribution is 2.34. The predicted octanol–water partition coefficient (Wildman–Crippen LogP) is 3.16. The highest BCUT2D eigenvalue weighted by molar-refractivity contribution is 6.31. The molecule has 4 aromatic heterocycles. The fourth-order valence-electron chi connectivity index (χ4n) is 4.58. The van der Waals surface area contributed by atoms with Gasteiger partial charge in [-0.1, -0.05) is 11.6 Å². The summed E-state index contributed by atoms with van der Waals surface area (Å²) in [4.78, 5) is 36.4. The summed E-state index contributed by atoms with van der Waals surface area (Å²) in [6.45, 7) is 0. The smallest absolute Gasteiger partial charge is 0.337 e. The quantitative estimate of drug-likeness (QED) is 0.374. The monoisotopic (exact) mass is 500 g/mol. The van der Waals surface area contributed by atoms with E-state index in [4.69, 9.17) is 11.6 Å². The summed E-state index contributed by atoms with van der Waals surface area (Å²) < 4.78 is 3.26. The van der Waals surface area contributed by atoms with Crippen molar-refractivity contribution in [2.75, 3.05) is 0 Å². The number of hydrogen-bond acceptors (Lipinski definition) is 7. The number of carboxylic acids is 1. The second-order valence-corrected chi connectivity index (χ2v) is 8.80. The van der Waals surface area contributed by atoms with Crippen LogP contribution in [-0.4, -0.2) is 50.8 Å². The summed E-state index contributed by atoms with van der Waals surface area (Å²) in [5.74, 6) is -0.435. The number of rotatable bonds is 5. The molecule has 1 atom stereocenters. The van der Waals surface area contributed by atoms with Gasteiger partial charge in [-0.2, -0.15) is 4.68 Å². The summed E-state index contributed by atoms with van der Waals surface area (Å²) in [6.07, 6.45) is 7.34. The van der Waals surface area contributed by atoms with Gasteiger partial charge in [0.25, 0.3) is 5.56 Å². The molecule has 1 aromatic carbocycles. The molecule has 11 nitrogen and oxygen atoms in total. The van der Waals surface area contributed by atoms with E-state index in [1.807, 2.05) is 6.07 Å². The van der Waals surface area contributed by atoms with Crippen LogP contribution in [0, 0.1) is 0 Å². The van der Waals surface area contributed by atoms with Gasteiger partial charge in [0.05, 0.1) is 29.2 Å². The molecule has 0 unspecified atom stereocenters. The number of aryl methyl sites for hydroxylation is 1. The van der Waals surface area contributed by atoms with Gasteiger partial charge in [0.1, 0.15) is 12.2 Å². The Morgan fingerprint density at radius 3 is 2.81 bits per heavy atom. The third kappa shape index (κ3) is 3.75. The van der Waals surface area contributed by atoms with Crippen molar-refractivity contribution in [3.63, 3.8) is 0 Å². The summed E-state index contributed by atoms with van der Waals surface area (Å²) in [5.41, 5.74) is 4.19. The van der Waals surface area contributed by atoms with Gasteiger partial charge < -0.3 is 14.7 Å². The van der Waals surface area contributed by atoms with E-state index in [0.29, 0.717) is 40.6 Å².